The van der Waals surface area contributed by atoms with E-state index in [4.69, 9.17) is 4.74 Å². The molecule has 0 bridgehead atoms. The number of benzene rings is 2. The lowest BCUT2D eigenvalue weighted by Crippen LogP contribution is -1.96. The molecule has 2 heterocycles. The van der Waals surface area contributed by atoms with E-state index in [1.54, 1.807) is 13.4 Å². The van der Waals surface area contributed by atoms with Gasteiger partial charge in [-0.3, -0.25) is 0 Å². The largest absolute Gasteiger partial charge is 0.496 e. The average molecular weight is 330 g/mol. The van der Waals surface area contributed by atoms with Gasteiger partial charge in [-0.2, -0.15) is 0 Å². The van der Waals surface area contributed by atoms with Crippen molar-refractivity contribution in [3.8, 4) is 17.0 Å². The Hall–Kier alpha value is -3.34. The fraction of sp³-hybridized carbons (Fsp3) is 0.100. The van der Waals surface area contributed by atoms with Crippen LogP contribution in [0.25, 0.3) is 22.2 Å². The number of para-hydroxylation sites is 1. The minimum atomic E-state index is 0.738. The number of hydrogen-bond donors (Lipinski definition) is 2. The number of nitrogens with zero attached hydrogens (tertiary/aromatic N) is 2. The van der Waals surface area contributed by atoms with E-state index in [0.29, 0.717) is 0 Å². The second-order valence-electron chi connectivity index (χ2n) is 5.87. The number of ether oxygens (including phenoxy) is 1. The van der Waals surface area contributed by atoms with Gasteiger partial charge in [0.05, 0.1) is 12.8 Å². The average Bonchev–Trinajstić information content (AvgIpc) is 3.01. The van der Waals surface area contributed by atoms with Crippen LogP contribution in [0.1, 0.15) is 5.69 Å². The number of methoxy groups -OCH3 is 1. The molecular weight excluding hydrogens is 312 g/mol. The molecule has 0 aliphatic rings. The van der Waals surface area contributed by atoms with Crippen LogP contribution in [-0.4, -0.2) is 22.1 Å². The summed E-state index contributed by atoms with van der Waals surface area (Å²) >= 11 is 0. The predicted molar refractivity (Wildman–Crippen MR) is 100 cm³/mol. The highest BCUT2D eigenvalue weighted by Gasteiger charge is 2.08. The molecule has 0 aliphatic carbocycles. The lowest BCUT2D eigenvalue weighted by Gasteiger charge is -2.10. The summed E-state index contributed by atoms with van der Waals surface area (Å²) in [6.45, 7) is 2.05. The van der Waals surface area contributed by atoms with Crippen LogP contribution in [-0.2, 0) is 0 Å². The lowest BCUT2D eigenvalue weighted by atomic mass is 10.1. The molecule has 124 valence electrons. The van der Waals surface area contributed by atoms with Crippen molar-refractivity contribution in [2.24, 2.45) is 0 Å². The second-order valence-corrected chi connectivity index (χ2v) is 5.87. The second kappa shape index (κ2) is 6.28. The van der Waals surface area contributed by atoms with Crippen LogP contribution in [0.2, 0.25) is 0 Å². The molecule has 4 rings (SSSR count). The van der Waals surface area contributed by atoms with Crippen LogP contribution in [0.3, 0.4) is 0 Å². The third-order valence-corrected chi connectivity index (χ3v) is 4.08. The minimum absolute atomic E-state index is 0.738. The van der Waals surface area contributed by atoms with Crippen molar-refractivity contribution in [3.05, 3.63) is 66.6 Å². The molecule has 5 heteroatoms. The van der Waals surface area contributed by atoms with Gasteiger partial charge < -0.3 is 15.0 Å². The van der Waals surface area contributed by atoms with E-state index < -0.39 is 0 Å². The first-order valence-electron chi connectivity index (χ1n) is 8.05. The smallest absolute Gasteiger partial charge is 0.134 e. The van der Waals surface area contributed by atoms with E-state index in [2.05, 4.69) is 45.4 Å². The van der Waals surface area contributed by atoms with Crippen LogP contribution in [0.15, 0.2) is 60.9 Å². The van der Waals surface area contributed by atoms with E-state index in [1.165, 1.54) is 5.39 Å². The molecule has 0 aliphatic heterocycles. The van der Waals surface area contributed by atoms with Gasteiger partial charge in [0.1, 0.15) is 17.9 Å². The molecule has 5 nitrogen and oxygen atoms in total. The van der Waals surface area contributed by atoms with Crippen molar-refractivity contribution in [1.82, 2.24) is 15.0 Å². The fourth-order valence-electron chi connectivity index (χ4n) is 2.93. The summed E-state index contributed by atoms with van der Waals surface area (Å²) in [4.78, 5) is 12.0. The summed E-state index contributed by atoms with van der Waals surface area (Å²) in [7, 11) is 1.66. The summed E-state index contributed by atoms with van der Waals surface area (Å²) < 4.78 is 5.42. The molecule has 0 amide bonds. The molecule has 2 aromatic heterocycles. The van der Waals surface area contributed by atoms with Crippen LogP contribution < -0.4 is 10.1 Å². The van der Waals surface area contributed by atoms with Crippen LogP contribution in [0, 0.1) is 6.92 Å². The monoisotopic (exact) mass is 330 g/mol. The van der Waals surface area contributed by atoms with E-state index in [-0.39, 0.29) is 0 Å². The molecule has 25 heavy (non-hydrogen) atoms. The molecule has 0 spiro atoms. The molecule has 2 aromatic carbocycles. The zero-order valence-corrected chi connectivity index (χ0v) is 14.1. The Balaban J connectivity index is 1.66. The Labute approximate surface area is 145 Å². The van der Waals surface area contributed by atoms with Gasteiger partial charge in [0, 0.05) is 33.9 Å². The number of fused-ring (bicyclic) bond motifs is 1. The van der Waals surface area contributed by atoms with E-state index in [9.17, 15) is 0 Å². The molecule has 0 fully saturated rings. The van der Waals surface area contributed by atoms with Gasteiger partial charge in [-0.15, -0.1) is 0 Å². The minimum Gasteiger partial charge on any atom is -0.496 e. The normalized spacial score (nSPS) is 10.8. The topological polar surface area (TPSA) is 62.8 Å². The van der Waals surface area contributed by atoms with Crippen LogP contribution in [0.5, 0.6) is 5.75 Å². The van der Waals surface area contributed by atoms with Gasteiger partial charge in [-0.05, 0) is 43.3 Å². The molecule has 2 N–H and O–H groups in total. The number of nitrogens with one attached hydrogen (secondary N) is 2. The number of hydrogen-bond acceptors (Lipinski definition) is 4. The van der Waals surface area contributed by atoms with Gasteiger partial charge in [0.25, 0.3) is 0 Å². The first kappa shape index (κ1) is 15.2. The maximum atomic E-state index is 5.42. The zero-order chi connectivity index (χ0) is 17.2. The summed E-state index contributed by atoms with van der Waals surface area (Å²) in [5.41, 5.74) is 5.00. The molecule has 0 saturated heterocycles. The van der Waals surface area contributed by atoms with Gasteiger partial charge in [-0.1, -0.05) is 12.1 Å². The SMILES string of the molecule is COc1ccccc1-c1cc(Nc2ccc3[nH]c(C)cc3c2)ncn1. The Morgan fingerprint density at radius 3 is 2.76 bits per heavy atom. The van der Waals surface area contributed by atoms with Crippen molar-refractivity contribution in [1.29, 1.82) is 0 Å². The summed E-state index contributed by atoms with van der Waals surface area (Å²) in [5, 5.41) is 4.52. The van der Waals surface area contributed by atoms with Crippen LogP contribution >= 0.6 is 0 Å². The number of rotatable bonds is 4. The maximum absolute atomic E-state index is 5.42. The Bertz CT molecular complexity index is 1040. The molecule has 0 unspecified atom stereocenters. The van der Waals surface area contributed by atoms with Gasteiger partial charge in [0.2, 0.25) is 0 Å². The third kappa shape index (κ3) is 3.04. The first-order chi connectivity index (χ1) is 12.2. The number of anilines is 2. The first-order valence-corrected chi connectivity index (χ1v) is 8.05. The standard InChI is InChI=1S/C20H18N4O/c1-13-9-14-10-15(7-8-17(14)23-13)24-20-11-18(21-12-22-20)16-5-3-4-6-19(16)25-2/h3-12,23H,1-2H3,(H,21,22,24). The highest BCUT2D eigenvalue weighted by molar-refractivity contribution is 5.85. The highest BCUT2D eigenvalue weighted by Crippen LogP contribution is 2.29. The van der Waals surface area contributed by atoms with Crippen LogP contribution in [0.4, 0.5) is 11.5 Å². The van der Waals surface area contributed by atoms with Crippen molar-refractivity contribution in [2.75, 3.05) is 12.4 Å². The number of aromatic amines is 1. The maximum Gasteiger partial charge on any atom is 0.134 e. The zero-order valence-electron chi connectivity index (χ0n) is 14.1. The van der Waals surface area contributed by atoms with E-state index in [0.717, 1.165) is 39.7 Å². The number of H-pyrrole nitrogens is 1. The molecular formula is C20H18N4O. The van der Waals surface area contributed by atoms with Gasteiger partial charge >= 0.3 is 0 Å². The molecule has 0 radical (unpaired) electrons. The third-order valence-electron chi connectivity index (χ3n) is 4.08. The van der Waals surface area contributed by atoms with E-state index in [1.807, 2.05) is 36.4 Å². The van der Waals surface area contributed by atoms with Crippen molar-refractivity contribution in [3.63, 3.8) is 0 Å². The molecule has 0 atom stereocenters. The summed E-state index contributed by atoms with van der Waals surface area (Å²) in [6, 6.07) is 18.1. The summed E-state index contributed by atoms with van der Waals surface area (Å²) in [6.07, 6.45) is 1.56. The van der Waals surface area contributed by atoms with Crippen molar-refractivity contribution in [2.45, 2.75) is 6.92 Å². The van der Waals surface area contributed by atoms with Gasteiger partial charge in [-0.25, -0.2) is 9.97 Å². The predicted octanol–water partition coefficient (Wildman–Crippen LogP) is 4.69. The van der Waals surface area contributed by atoms with Gasteiger partial charge in [0.15, 0.2) is 0 Å². The van der Waals surface area contributed by atoms with E-state index >= 15 is 0 Å². The Morgan fingerprint density at radius 1 is 1.00 bits per heavy atom. The quantitative estimate of drug-likeness (QED) is 0.570. The Kier molecular flexibility index (Phi) is 3.82. The van der Waals surface area contributed by atoms with Crippen molar-refractivity contribution >= 4 is 22.4 Å². The number of aryl methyl sites for hydroxylation is 1. The highest BCUT2D eigenvalue weighted by atomic mass is 16.5. The lowest BCUT2D eigenvalue weighted by molar-refractivity contribution is 0.416. The molecule has 4 aromatic rings. The fourth-order valence-corrected chi connectivity index (χ4v) is 2.93. The Morgan fingerprint density at radius 2 is 1.88 bits per heavy atom. The number of aromatic nitrogens is 3. The van der Waals surface area contributed by atoms with Crippen molar-refractivity contribution < 1.29 is 4.74 Å². The summed E-state index contributed by atoms with van der Waals surface area (Å²) in [5.74, 6) is 1.53. The molecule has 0 saturated carbocycles.